The van der Waals surface area contributed by atoms with Gasteiger partial charge < -0.3 is 4.74 Å². The fraction of sp³-hybridized carbons (Fsp3) is 0.0833. The second kappa shape index (κ2) is 7.53. The van der Waals surface area contributed by atoms with E-state index in [1.165, 1.54) is 0 Å². The lowest BCUT2D eigenvalue weighted by Crippen LogP contribution is -2.23. The third kappa shape index (κ3) is 3.32. The second-order valence-corrected chi connectivity index (χ2v) is 6.52. The van der Waals surface area contributed by atoms with Gasteiger partial charge in [0.25, 0.3) is 5.56 Å². The summed E-state index contributed by atoms with van der Waals surface area (Å²) in [4.78, 5) is 18.0. The zero-order chi connectivity index (χ0) is 19.5. The molecule has 0 aliphatic rings. The number of nitrogens with zero attached hydrogens (tertiary/aromatic N) is 2. The largest absolute Gasteiger partial charge is 0.497 e. The van der Waals surface area contributed by atoms with Gasteiger partial charge in [-0.15, -0.1) is 0 Å². The van der Waals surface area contributed by atoms with Crippen LogP contribution in [-0.4, -0.2) is 16.7 Å². The van der Waals surface area contributed by atoms with Crippen LogP contribution in [0.1, 0.15) is 17.0 Å². The minimum Gasteiger partial charge on any atom is -0.497 e. The van der Waals surface area contributed by atoms with Gasteiger partial charge in [-0.3, -0.25) is 9.36 Å². The molecule has 3 aromatic carbocycles. The number of hydrogen-bond donors (Lipinski definition) is 0. The lowest BCUT2D eigenvalue weighted by Gasteiger charge is -2.13. The predicted octanol–water partition coefficient (Wildman–Crippen LogP) is 4.87. The van der Waals surface area contributed by atoms with Gasteiger partial charge in [0, 0.05) is 0 Å². The minimum atomic E-state index is -0.0747. The van der Waals surface area contributed by atoms with Crippen LogP contribution < -0.4 is 10.3 Å². The summed E-state index contributed by atoms with van der Waals surface area (Å²) in [7, 11) is 1.64. The number of aromatic nitrogens is 2. The van der Waals surface area contributed by atoms with Crippen molar-refractivity contribution in [1.82, 2.24) is 9.55 Å². The van der Waals surface area contributed by atoms with E-state index in [9.17, 15) is 4.79 Å². The van der Waals surface area contributed by atoms with E-state index in [1.54, 1.807) is 11.7 Å². The van der Waals surface area contributed by atoms with Crippen molar-refractivity contribution in [3.63, 3.8) is 0 Å². The van der Waals surface area contributed by atoms with E-state index in [4.69, 9.17) is 9.72 Å². The maximum absolute atomic E-state index is 13.3. The van der Waals surface area contributed by atoms with Crippen molar-refractivity contribution in [2.45, 2.75) is 6.92 Å². The first-order valence-corrected chi connectivity index (χ1v) is 9.07. The SMILES string of the molecule is COc1ccc(/C=C/c2nc3ccccc3c(=O)n2-c2ccccc2C)cc1. The van der Waals surface area contributed by atoms with Crippen molar-refractivity contribution in [1.29, 1.82) is 0 Å². The van der Waals surface area contributed by atoms with Crippen LogP contribution in [0, 0.1) is 6.92 Å². The molecule has 4 heteroatoms. The number of benzene rings is 3. The molecule has 4 nitrogen and oxygen atoms in total. The molecule has 0 spiro atoms. The maximum atomic E-state index is 13.3. The van der Waals surface area contributed by atoms with Crippen molar-refractivity contribution < 1.29 is 4.74 Å². The molecule has 0 N–H and O–H groups in total. The zero-order valence-corrected chi connectivity index (χ0v) is 15.8. The van der Waals surface area contributed by atoms with Gasteiger partial charge in [0.1, 0.15) is 11.6 Å². The number of aryl methyl sites for hydroxylation is 1. The molecule has 0 saturated carbocycles. The maximum Gasteiger partial charge on any atom is 0.266 e. The summed E-state index contributed by atoms with van der Waals surface area (Å²) in [6.07, 6.45) is 3.83. The second-order valence-electron chi connectivity index (χ2n) is 6.52. The van der Waals surface area contributed by atoms with E-state index in [-0.39, 0.29) is 5.56 Å². The van der Waals surface area contributed by atoms with E-state index in [1.807, 2.05) is 91.9 Å². The third-order valence-electron chi connectivity index (χ3n) is 4.70. The summed E-state index contributed by atoms with van der Waals surface area (Å²) in [5.74, 6) is 1.40. The Labute approximate surface area is 163 Å². The molecule has 0 aliphatic heterocycles. The van der Waals surface area contributed by atoms with Crippen molar-refractivity contribution in [2.24, 2.45) is 0 Å². The molecule has 0 unspecified atom stereocenters. The Balaban J connectivity index is 1.91. The van der Waals surface area contributed by atoms with Crippen LogP contribution in [0.25, 0.3) is 28.7 Å². The molecular formula is C24H20N2O2. The van der Waals surface area contributed by atoms with Gasteiger partial charge in [0.05, 0.1) is 23.7 Å². The minimum absolute atomic E-state index is 0.0747. The van der Waals surface area contributed by atoms with Gasteiger partial charge in [-0.25, -0.2) is 4.98 Å². The first-order valence-electron chi connectivity index (χ1n) is 9.07. The van der Waals surface area contributed by atoms with E-state index in [0.717, 1.165) is 22.6 Å². The number of para-hydroxylation sites is 2. The molecule has 28 heavy (non-hydrogen) atoms. The molecule has 4 aromatic rings. The molecule has 138 valence electrons. The highest BCUT2D eigenvalue weighted by atomic mass is 16.5. The normalized spacial score (nSPS) is 11.2. The number of fused-ring (bicyclic) bond motifs is 1. The fourth-order valence-corrected chi connectivity index (χ4v) is 3.19. The van der Waals surface area contributed by atoms with Crippen LogP contribution in [-0.2, 0) is 0 Å². The average Bonchev–Trinajstić information content (AvgIpc) is 2.73. The van der Waals surface area contributed by atoms with Gasteiger partial charge in [-0.1, -0.05) is 48.5 Å². The summed E-state index contributed by atoms with van der Waals surface area (Å²) >= 11 is 0. The van der Waals surface area contributed by atoms with E-state index in [0.29, 0.717) is 16.7 Å². The summed E-state index contributed by atoms with van der Waals surface area (Å²) in [5, 5.41) is 0.604. The van der Waals surface area contributed by atoms with Crippen LogP contribution >= 0.6 is 0 Å². The Morgan fingerprint density at radius 1 is 0.893 bits per heavy atom. The molecule has 0 amide bonds. The van der Waals surface area contributed by atoms with Gasteiger partial charge in [0.2, 0.25) is 0 Å². The van der Waals surface area contributed by atoms with Crippen molar-refractivity contribution in [3.05, 3.63) is 100 Å². The lowest BCUT2D eigenvalue weighted by atomic mass is 10.1. The molecule has 0 fully saturated rings. The first kappa shape index (κ1) is 17.7. The van der Waals surface area contributed by atoms with Crippen molar-refractivity contribution >= 4 is 23.1 Å². The number of rotatable bonds is 4. The fourth-order valence-electron chi connectivity index (χ4n) is 3.19. The Kier molecular flexibility index (Phi) is 4.77. The van der Waals surface area contributed by atoms with E-state index in [2.05, 4.69) is 0 Å². The molecule has 1 heterocycles. The van der Waals surface area contributed by atoms with Gasteiger partial charge in [0.15, 0.2) is 0 Å². The lowest BCUT2D eigenvalue weighted by molar-refractivity contribution is 0.415. The highest BCUT2D eigenvalue weighted by Crippen LogP contribution is 2.19. The smallest absolute Gasteiger partial charge is 0.266 e. The van der Waals surface area contributed by atoms with Gasteiger partial charge >= 0.3 is 0 Å². The van der Waals surface area contributed by atoms with Crippen LogP contribution in [0.15, 0.2) is 77.6 Å². The summed E-state index contributed by atoms with van der Waals surface area (Å²) < 4.78 is 6.88. The highest BCUT2D eigenvalue weighted by molar-refractivity contribution is 5.80. The molecule has 0 aliphatic carbocycles. The molecule has 0 radical (unpaired) electrons. The number of methoxy groups -OCH3 is 1. The van der Waals surface area contributed by atoms with Crippen LogP contribution in [0.4, 0.5) is 0 Å². The topological polar surface area (TPSA) is 44.1 Å². The van der Waals surface area contributed by atoms with Crippen LogP contribution in [0.3, 0.4) is 0 Å². The Morgan fingerprint density at radius 2 is 1.61 bits per heavy atom. The number of hydrogen-bond acceptors (Lipinski definition) is 3. The van der Waals surface area contributed by atoms with E-state index >= 15 is 0 Å². The van der Waals surface area contributed by atoms with Gasteiger partial charge in [-0.05, 0) is 54.5 Å². The zero-order valence-electron chi connectivity index (χ0n) is 15.8. The monoisotopic (exact) mass is 368 g/mol. The summed E-state index contributed by atoms with van der Waals surface area (Å²) in [6, 6.07) is 23.0. The van der Waals surface area contributed by atoms with Crippen LogP contribution in [0.5, 0.6) is 5.75 Å². The predicted molar refractivity (Wildman–Crippen MR) is 114 cm³/mol. The van der Waals surface area contributed by atoms with Crippen molar-refractivity contribution in [2.75, 3.05) is 7.11 Å². The standard InChI is InChI=1S/C24H20N2O2/c1-17-7-3-6-10-22(17)26-23(16-13-18-11-14-19(28-2)15-12-18)25-21-9-5-4-8-20(21)24(26)27/h3-16H,1-2H3/b16-13+. The Bertz CT molecular complexity index is 1220. The molecule has 0 bridgehead atoms. The Hall–Kier alpha value is -3.66. The van der Waals surface area contributed by atoms with Gasteiger partial charge in [-0.2, -0.15) is 0 Å². The third-order valence-corrected chi connectivity index (χ3v) is 4.70. The van der Waals surface area contributed by atoms with E-state index < -0.39 is 0 Å². The van der Waals surface area contributed by atoms with Crippen molar-refractivity contribution in [3.8, 4) is 11.4 Å². The van der Waals surface area contributed by atoms with Crippen LogP contribution in [0.2, 0.25) is 0 Å². The first-order chi connectivity index (χ1) is 13.7. The molecule has 0 saturated heterocycles. The molecule has 0 atom stereocenters. The number of ether oxygens (including phenoxy) is 1. The molecule has 1 aromatic heterocycles. The molecule has 4 rings (SSSR count). The average molecular weight is 368 g/mol. The molecular weight excluding hydrogens is 348 g/mol. The quantitative estimate of drug-likeness (QED) is 0.516. The summed E-state index contributed by atoms with van der Waals surface area (Å²) in [6.45, 7) is 1.99. The Morgan fingerprint density at radius 3 is 2.36 bits per heavy atom. The highest BCUT2D eigenvalue weighted by Gasteiger charge is 2.12. The summed E-state index contributed by atoms with van der Waals surface area (Å²) in [5.41, 5.74) is 3.46.